The number of unbranched alkanes of at least 4 members (excludes halogenated alkanes) is 1. The first kappa shape index (κ1) is 15.5. The maximum atomic E-state index is 8.97. The fourth-order valence-electron chi connectivity index (χ4n) is 2.49. The molecule has 1 saturated heterocycles. The number of nitriles is 1. The van der Waals surface area contributed by atoms with Gasteiger partial charge in [-0.3, -0.25) is 4.90 Å². The van der Waals surface area contributed by atoms with Crippen LogP contribution in [0.25, 0.3) is 0 Å². The summed E-state index contributed by atoms with van der Waals surface area (Å²) >= 11 is 0. The second-order valence-electron chi connectivity index (χ2n) is 6.96. The molecule has 0 aromatic carbocycles. The van der Waals surface area contributed by atoms with Gasteiger partial charge in [0.05, 0.1) is 11.5 Å². The zero-order valence-corrected chi connectivity index (χ0v) is 12.8. The van der Waals surface area contributed by atoms with Crippen molar-refractivity contribution in [2.24, 2.45) is 5.41 Å². The number of hydrogen-bond acceptors (Lipinski definition) is 3. The first-order valence-corrected chi connectivity index (χ1v) is 7.12. The van der Waals surface area contributed by atoms with Crippen molar-refractivity contribution >= 4 is 0 Å². The second kappa shape index (κ2) is 6.04. The quantitative estimate of drug-likeness (QED) is 0.704. The van der Waals surface area contributed by atoms with E-state index >= 15 is 0 Å². The maximum absolute atomic E-state index is 8.97. The molecule has 1 aliphatic rings. The molecular formula is C15H29N3. The molecule has 3 heteroatoms. The summed E-state index contributed by atoms with van der Waals surface area (Å²) < 4.78 is 0. The number of nitrogens with zero attached hydrogens (tertiary/aromatic N) is 3. The van der Waals surface area contributed by atoms with Crippen LogP contribution in [0.5, 0.6) is 0 Å². The molecule has 0 spiro atoms. The molecule has 0 N–H and O–H groups in total. The summed E-state index contributed by atoms with van der Waals surface area (Å²) in [5, 5.41) is 8.97. The Morgan fingerprint density at radius 1 is 1.22 bits per heavy atom. The highest BCUT2D eigenvalue weighted by Crippen LogP contribution is 2.23. The van der Waals surface area contributed by atoms with Crippen LogP contribution in [0.15, 0.2) is 0 Å². The average Bonchev–Trinajstić information content (AvgIpc) is 2.29. The van der Waals surface area contributed by atoms with Crippen LogP contribution >= 0.6 is 0 Å². The van der Waals surface area contributed by atoms with Crippen LogP contribution in [0.2, 0.25) is 0 Å². The number of hydrogen-bond donors (Lipinski definition) is 0. The molecule has 0 unspecified atom stereocenters. The summed E-state index contributed by atoms with van der Waals surface area (Å²) in [6.45, 7) is 13.4. The van der Waals surface area contributed by atoms with Crippen LogP contribution in [0, 0.1) is 16.7 Å². The van der Waals surface area contributed by atoms with Gasteiger partial charge in [0.2, 0.25) is 0 Å². The molecule has 0 amide bonds. The van der Waals surface area contributed by atoms with Crippen molar-refractivity contribution in [3.05, 3.63) is 0 Å². The van der Waals surface area contributed by atoms with E-state index in [9.17, 15) is 0 Å². The SMILES string of the molecule is CN1CCN(CCCCC(C)(C)C#N)CC1(C)C. The van der Waals surface area contributed by atoms with Gasteiger partial charge in [0, 0.05) is 25.2 Å². The Labute approximate surface area is 113 Å². The molecule has 1 fully saturated rings. The van der Waals surface area contributed by atoms with Gasteiger partial charge in [0.25, 0.3) is 0 Å². The van der Waals surface area contributed by atoms with E-state index in [0.717, 1.165) is 25.9 Å². The van der Waals surface area contributed by atoms with Crippen LogP contribution in [-0.2, 0) is 0 Å². The minimum absolute atomic E-state index is 0.151. The molecule has 0 aromatic rings. The molecule has 3 nitrogen and oxygen atoms in total. The Hall–Kier alpha value is -0.590. The summed E-state index contributed by atoms with van der Waals surface area (Å²) in [7, 11) is 2.22. The molecule has 0 saturated carbocycles. The van der Waals surface area contributed by atoms with Crippen molar-refractivity contribution in [1.29, 1.82) is 5.26 Å². The zero-order valence-electron chi connectivity index (χ0n) is 12.8. The second-order valence-corrected chi connectivity index (χ2v) is 6.96. The number of rotatable bonds is 5. The molecule has 18 heavy (non-hydrogen) atoms. The van der Waals surface area contributed by atoms with Gasteiger partial charge in [0.1, 0.15) is 0 Å². The van der Waals surface area contributed by atoms with Crippen LogP contribution < -0.4 is 0 Å². The summed E-state index contributed by atoms with van der Waals surface area (Å²) in [6, 6.07) is 2.38. The van der Waals surface area contributed by atoms with Gasteiger partial charge in [-0.1, -0.05) is 6.42 Å². The highest BCUT2D eigenvalue weighted by molar-refractivity contribution is 4.91. The first-order valence-electron chi connectivity index (χ1n) is 7.12. The minimum Gasteiger partial charge on any atom is -0.300 e. The molecule has 0 atom stereocenters. The van der Waals surface area contributed by atoms with Gasteiger partial charge in [-0.05, 0) is 54.1 Å². The van der Waals surface area contributed by atoms with E-state index in [1.807, 2.05) is 13.8 Å². The van der Waals surface area contributed by atoms with Crippen molar-refractivity contribution < 1.29 is 0 Å². The summed E-state index contributed by atoms with van der Waals surface area (Å²) in [4.78, 5) is 5.02. The highest BCUT2D eigenvalue weighted by Gasteiger charge is 2.30. The van der Waals surface area contributed by atoms with Gasteiger partial charge in [-0.25, -0.2) is 0 Å². The topological polar surface area (TPSA) is 30.3 Å². The van der Waals surface area contributed by atoms with E-state index in [1.165, 1.54) is 19.5 Å². The molecule has 0 aromatic heterocycles. The molecule has 1 heterocycles. The third kappa shape index (κ3) is 4.59. The van der Waals surface area contributed by atoms with E-state index in [4.69, 9.17) is 5.26 Å². The van der Waals surface area contributed by atoms with Crippen molar-refractivity contribution in [3.8, 4) is 6.07 Å². The van der Waals surface area contributed by atoms with Crippen LogP contribution in [-0.4, -0.2) is 48.6 Å². The van der Waals surface area contributed by atoms with E-state index in [-0.39, 0.29) is 5.41 Å². The van der Waals surface area contributed by atoms with Crippen LogP contribution in [0.3, 0.4) is 0 Å². The van der Waals surface area contributed by atoms with Crippen molar-refractivity contribution in [3.63, 3.8) is 0 Å². The third-order valence-corrected chi connectivity index (χ3v) is 4.22. The standard InChI is InChI=1S/C15H29N3/c1-14(2,12-16)8-6-7-9-18-11-10-17(5)15(3,4)13-18/h6-11,13H2,1-5H3. The fraction of sp³-hybridized carbons (Fsp3) is 0.933. The largest absolute Gasteiger partial charge is 0.300 e. The van der Waals surface area contributed by atoms with Gasteiger partial charge in [-0.2, -0.15) is 5.26 Å². The highest BCUT2D eigenvalue weighted by atomic mass is 15.3. The van der Waals surface area contributed by atoms with E-state index in [1.54, 1.807) is 0 Å². The minimum atomic E-state index is -0.151. The van der Waals surface area contributed by atoms with Gasteiger partial charge < -0.3 is 4.90 Å². The Balaban J connectivity index is 2.23. The third-order valence-electron chi connectivity index (χ3n) is 4.22. The fourth-order valence-corrected chi connectivity index (χ4v) is 2.49. The van der Waals surface area contributed by atoms with Crippen molar-refractivity contribution in [2.45, 2.75) is 52.5 Å². The van der Waals surface area contributed by atoms with Gasteiger partial charge in [0.15, 0.2) is 0 Å². The Morgan fingerprint density at radius 2 is 1.89 bits per heavy atom. The van der Waals surface area contributed by atoms with Crippen LogP contribution in [0.4, 0.5) is 0 Å². The summed E-state index contributed by atoms with van der Waals surface area (Å²) in [6.07, 6.45) is 3.39. The molecular weight excluding hydrogens is 222 g/mol. The zero-order chi connectivity index (χ0) is 13.8. The predicted octanol–water partition coefficient (Wildman–Crippen LogP) is 2.73. The first-order chi connectivity index (χ1) is 8.27. The van der Waals surface area contributed by atoms with E-state index in [0.29, 0.717) is 5.54 Å². The predicted molar refractivity (Wildman–Crippen MR) is 76.4 cm³/mol. The average molecular weight is 251 g/mol. The lowest BCUT2D eigenvalue weighted by atomic mass is 9.89. The summed E-state index contributed by atoms with van der Waals surface area (Å²) in [5.74, 6) is 0. The molecule has 1 aliphatic heterocycles. The number of likely N-dealkylation sites (N-methyl/N-ethyl adjacent to an activating group) is 1. The lowest BCUT2D eigenvalue weighted by Gasteiger charge is -2.45. The number of piperazine rings is 1. The maximum Gasteiger partial charge on any atom is 0.0683 e. The Kier molecular flexibility index (Phi) is 5.19. The van der Waals surface area contributed by atoms with E-state index < -0.39 is 0 Å². The molecule has 104 valence electrons. The molecule has 0 radical (unpaired) electrons. The summed E-state index contributed by atoms with van der Waals surface area (Å²) in [5.41, 5.74) is 0.144. The van der Waals surface area contributed by atoms with Crippen LogP contribution in [0.1, 0.15) is 47.0 Å². The molecule has 0 aliphatic carbocycles. The Bertz CT molecular complexity index is 301. The lowest BCUT2D eigenvalue weighted by Crippen LogP contribution is -2.57. The smallest absolute Gasteiger partial charge is 0.0683 e. The van der Waals surface area contributed by atoms with E-state index in [2.05, 4.69) is 36.8 Å². The normalized spacial score (nSPS) is 21.8. The van der Waals surface area contributed by atoms with Gasteiger partial charge >= 0.3 is 0 Å². The Morgan fingerprint density at radius 3 is 2.44 bits per heavy atom. The van der Waals surface area contributed by atoms with Gasteiger partial charge in [-0.15, -0.1) is 0 Å². The molecule has 0 bridgehead atoms. The monoisotopic (exact) mass is 251 g/mol. The molecule has 1 rings (SSSR count). The van der Waals surface area contributed by atoms with Crippen molar-refractivity contribution in [1.82, 2.24) is 9.80 Å². The van der Waals surface area contributed by atoms with Crippen molar-refractivity contribution in [2.75, 3.05) is 33.2 Å². The lowest BCUT2D eigenvalue weighted by molar-refractivity contribution is 0.0390.